The Labute approximate surface area is 318 Å². The fourth-order valence-electron chi connectivity index (χ4n) is 3.53. The van der Waals surface area contributed by atoms with Crippen molar-refractivity contribution in [1.82, 2.24) is 0 Å². The molecule has 51 heavy (non-hydrogen) atoms. The second kappa shape index (κ2) is 37.6. The molecule has 3 unspecified atom stereocenters. The van der Waals surface area contributed by atoms with E-state index in [0.29, 0.717) is 19.6 Å². The number of aliphatic hydroxyl groups is 2. The monoisotopic (exact) mass is 771 g/mol. The third kappa shape index (κ3) is 30.1. The first kappa shape index (κ1) is 53.2. The van der Waals surface area contributed by atoms with Gasteiger partial charge in [0, 0.05) is 27.5 Å². The number of carbonyl (C=O) groups is 1. The van der Waals surface area contributed by atoms with Crippen molar-refractivity contribution in [2.45, 2.75) is 111 Å². The SMILES string of the molecule is C/C(=N/O)C(C)CO.CC(=O)C(C)CO.CC1=NOCC1C.CCCCP(CCCC)CCCC.NO.S=S(c1ccccc1)c1ccccc1. The van der Waals surface area contributed by atoms with Gasteiger partial charge in [0.15, 0.2) is 0 Å². The van der Waals surface area contributed by atoms with Crippen LogP contribution in [0.15, 0.2) is 80.8 Å². The van der Waals surface area contributed by atoms with E-state index in [4.69, 9.17) is 36.7 Å². The van der Waals surface area contributed by atoms with Gasteiger partial charge in [-0.3, -0.25) is 4.79 Å². The molecule has 294 valence electrons. The van der Waals surface area contributed by atoms with Gasteiger partial charge in [-0.25, -0.2) is 5.90 Å². The van der Waals surface area contributed by atoms with Crippen molar-refractivity contribution in [2.24, 2.45) is 34.0 Å². The lowest BCUT2D eigenvalue weighted by Gasteiger charge is -2.16. The number of rotatable bonds is 15. The minimum absolute atomic E-state index is 0.0278. The van der Waals surface area contributed by atoms with E-state index in [1.807, 2.05) is 43.3 Å². The van der Waals surface area contributed by atoms with Crippen molar-refractivity contribution in [1.29, 1.82) is 0 Å². The lowest BCUT2D eigenvalue weighted by atomic mass is 10.1. The summed E-state index contributed by atoms with van der Waals surface area (Å²) in [5.74, 6) is 3.88. The number of oxime groups is 2. The molecule has 2 aromatic rings. The molecule has 2 aromatic carbocycles. The number of benzene rings is 2. The summed E-state index contributed by atoms with van der Waals surface area (Å²) in [7, 11) is 0.208. The Kier molecular flexibility index (Phi) is 39.3. The van der Waals surface area contributed by atoms with Gasteiger partial charge in [0.05, 0.1) is 24.6 Å². The van der Waals surface area contributed by atoms with Gasteiger partial charge in [-0.15, -0.1) is 7.92 Å². The van der Waals surface area contributed by atoms with Gasteiger partial charge in [-0.05, 0) is 94.0 Å². The number of nitrogens with two attached hydrogens (primary N) is 1. The molecule has 1 aliphatic rings. The van der Waals surface area contributed by atoms with Gasteiger partial charge in [0.25, 0.3) is 0 Å². The summed E-state index contributed by atoms with van der Waals surface area (Å²) in [6, 6.07) is 20.5. The zero-order valence-electron chi connectivity index (χ0n) is 32.8. The first-order valence-corrected chi connectivity index (χ1v) is 22.0. The van der Waals surface area contributed by atoms with E-state index in [9.17, 15) is 4.79 Å². The van der Waals surface area contributed by atoms with Crippen molar-refractivity contribution in [2.75, 3.05) is 38.3 Å². The number of ketones is 1. The lowest BCUT2D eigenvalue weighted by molar-refractivity contribution is -0.121. The van der Waals surface area contributed by atoms with E-state index in [1.165, 1.54) is 55.2 Å². The van der Waals surface area contributed by atoms with Gasteiger partial charge < -0.3 is 25.5 Å². The van der Waals surface area contributed by atoms with E-state index in [-0.39, 0.29) is 40.3 Å². The highest BCUT2D eigenvalue weighted by Gasteiger charge is 2.12. The molecular formula is C39H70N3O6PS2. The topological polar surface area (TPSA) is 158 Å². The fraction of sp³-hybridized carbons (Fsp3) is 0.615. The molecule has 3 rings (SSSR count). The minimum Gasteiger partial charge on any atom is -0.411 e. The van der Waals surface area contributed by atoms with Crippen LogP contribution in [0.5, 0.6) is 0 Å². The van der Waals surface area contributed by atoms with Crippen LogP contribution < -0.4 is 5.90 Å². The number of aliphatic hydroxyl groups excluding tert-OH is 2. The van der Waals surface area contributed by atoms with Crippen molar-refractivity contribution >= 4 is 45.8 Å². The average molecular weight is 772 g/mol. The summed E-state index contributed by atoms with van der Waals surface area (Å²) >= 11 is 5.50. The van der Waals surface area contributed by atoms with Crippen LogP contribution in [0.2, 0.25) is 0 Å². The quantitative estimate of drug-likeness (QED) is 0.0519. The minimum atomic E-state index is -0.213. The molecule has 3 atom stereocenters. The van der Waals surface area contributed by atoms with Crippen LogP contribution in [-0.2, 0) is 30.3 Å². The molecule has 6 N–H and O–H groups in total. The largest absolute Gasteiger partial charge is 0.411 e. The molecule has 0 bridgehead atoms. The standard InChI is InChI=1S/C12H27P.C12H10S2.C5H11NO2.C5H9NO.C5H10O2.H3NO/c1-4-7-10-13(11-8-5-2)12-9-6-3;13-14(11-7-3-1-4-8-11)12-9-5-2-6-10-12;1-4(3-7)5(2)6-8;1-4-3-7-6-5(4)2;1-4(3-6)5(2)7;1-2/h4-12H2,1-3H3;1-10H;4,7-8H,3H2,1-2H3;4H,3H2,1-2H3;4,6H,3H2,1-2H3;2H,1H2/b;;6-5-;;;. The van der Waals surface area contributed by atoms with Crippen LogP contribution in [0.4, 0.5) is 0 Å². The smallest absolute Gasteiger partial charge is 0.134 e. The maximum absolute atomic E-state index is 10.2. The second-order valence-electron chi connectivity index (χ2n) is 12.2. The van der Waals surface area contributed by atoms with Gasteiger partial charge in [0.2, 0.25) is 0 Å². The van der Waals surface area contributed by atoms with Crippen LogP contribution in [0.3, 0.4) is 0 Å². The molecule has 0 aliphatic carbocycles. The Bertz CT molecular complexity index is 1100. The molecule has 0 saturated carbocycles. The zero-order chi connectivity index (χ0) is 39.5. The third-order valence-electron chi connectivity index (χ3n) is 7.76. The Morgan fingerprint density at radius 3 is 1.47 bits per heavy atom. The average Bonchev–Trinajstić information content (AvgIpc) is 3.56. The van der Waals surface area contributed by atoms with Crippen LogP contribution in [-0.4, -0.2) is 76.1 Å². The van der Waals surface area contributed by atoms with Crippen molar-refractivity contribution in [3.63, 3.8) is 0 Å². The molecule has 0 radical (unpaired) electrons. The van der Waals surface area contributed by atoms with Gasteiger partial charge in [0.1, 0.15) is 12.4 Å². The number of hydrogen-bond donors (Lipinski definition) is 5. The van der Waals surface area contributed by atoms with E-state index in [0.717, 1.165) is 12.3 Å². The predicted molar refractivity (Wildman–Crippen MR) is 223 cm³/mol. The number of nitrogens with zero attached hydrogens (tertiary/aromatic N) is 2. The van der Waals surface area contributed by atoms with E-state index in [1.54, 1.807) is 39.3 Å². The molecule has 1 aliphatic heterocycles. The van der Waals surface area contributed by atoms with Crippen LogP contribution in [0.1, 0.15) is 101 Å². The maximum atomic E-state index is 10.2. The van der Waals surface area contributed by atoms with E-state index < -0.39 is 0 Å². The maximum Gasteiger partial charge on any atom is 0.134 e. The fourth-order valence-corrected chi connectivity index (χ4v) is 8.23. The molecule has 0 aromatic heterocycles. The predicted octanol–water partition coefficient (Wildman–Crippen LogP) is 9.09. The van der Waals surface area contributed by atoms with Crippen LogP contribution in [0, 0.1) is 17.8 Å². The van der Waals surface area contributed by atoms with Gasteiger partial charge in [-0.2, -0.15) is 0 Å². The number of hydrogen-bond acceptors (Lipinski definition) is 10. The molecular weight excluding hydrogens is 702 g/mol. The summed E-state index contributed by atoms with van der Waals surface area (Å²) in [5, 5.41) is 38.0. The van der Waals surface area contributed by atoms with Crippen LogP contribution in [0.25, 0.3) is 0 Å². The van der Waals surface area contributed by atoms with Crippen molar-refractivity contribution < 1.29 is 30.3 Å². The second-order valence-corrected chi connectivity index (χ2v) is 17.4. The Balaban J connectivity index is -0.000000576. The summed E-state index contributed by atoms with van der Waals surface area (Å²) < 4.78 is 0. The van der Waals surface area contributed by atoms with Crippen molar-refractivity contribution in [3.8, 4) is 0 Å². The highest BCUT2D eigenvalue weighted by atomic mass is 32.8. The Morgan fingerprint density at radius 2 is 1.27 bits per heavy atom. The molecule has 0 amide bonds. The molecule has 0 saturated heterocycles. The lowest BCUT2D eigenvalue weighted by Crippen LogP contribution is -2.10. The van der Waals surface area contributed by atoms with Gasteiger partial charge >= 0.3 is 0 Å². The highest BCUT2D eigenvalue weighted by molar-refractivity contribution is 8.28. The Hall–Kier alpha value is -2.11. The van der Waals surface area contributed by atoms with E-state index >= 15 is 0 Å². The zero-order valence-corrected chi connectivity index (χ0v) is 35.4. The molecule has 9 nitrogen and oxygen atoms in total. The van der Waals surface area contributed by atoms with Gasteiger partial charge in [-0.1, -0.05) is 117 Å². The summed E-state index contributed by atoms with van der Waals surface area (Å²) in [6.07, 6.45) is 13.2. The molecule has 12 heteroatoms. The van der Waals surface area contributed by atoms with Crippen molar-refractivity contribution in [3.05, 3.63) is 60.7 Å². The normalized spacial score (nSPS) is 14.2. The number of unbranched alkanes of at least 4 members (excludes halogenated alkanes) is 3. The number of carbonyl (C=O) groups excluding carboxylic acids is 1. The highest BCUT2D eigenvalue weighted by Crippen LogP contribution is 2.38. The number of Topliss-reactive ketones (excluding diaryl/α,β-unsaturated/α-hetero) is 1. The first-order chi connectivity index (χ1) is 24.4. The molecule has 0 spiro atoms. The summed E-state index contributed by atoms with van der Waals surface area (Å²) in [4.78, 5) is 17.4. The van der Waals surface area contributed by atoms with E-state index in [2.05, 4.69) is 68.2 Å². The summed E-state index contributed by atoms with van der Waals surface area (Å²) in [5.41, 5.74) is 1.67. The third-order valence-corrected chi connectivity index (χ3v) is 13.2. The first-order valence-electron chi connectivity index (χ1n) is 18.0. The molecule has 0 fully saturated rings. The van der Waals surface area contributed by atoms with Crippen LogP contribution >= 0.6 is 7.92 Å². The Morgan fingerprint density at radius 1 is 0.882 bits per heavy atom. The molecule has 1 heterocycles. The summed E-state index contributed by atoms with van der Waals surface area (Å²) in [6.45, 7) is 18.4.